The van der Waals surface area contributed by atoms with E-state index in [2.05, 4.69) is 4.98 Å². The number of carbonyl (C=O) groups excluding carboxylic acids is 1. The zero-order chi connectivity index (χ0) is 20.8. The van der Waals surface area contributed by atoms with Gasteiger partial charge in [-0.3, -0.25) is 9.69 Å². The van der Waals surface area contributed by atoms with Gasteiger partial charge in [0.05, 0.1) is 18.1 Å². The third kappa shape index (κ3) is 4.60. The van der Waals surface area contributed by atoms with E-state index in [1.54, 1.807) is 24.5 Å². The van der Waals surface area contributed by atoms with Crippen molar-refractivity contribution in [1.82, 2.24) is 14.5 Å². The molecule has 2 aromatic carbocycles. The zero-order valence-corrected chi connectivity index (χ0v) is 17.4. The van der Waals surface area contributed by atoms with E-state index in [-0.39, 0.29) is 12.5 Å². The van der Waals surface area contributed by atoms with Crippen molar-refractivity contribution in [3.05, 3.63) is 67.3 Å². The first-order chi connectivity index (χ1) is 14.7. The summed E-state index contributed by atoms with van der Waals surface area (Å²) < 4.78 is 14.1. The summed E-state index contributed by atoms with van der Waals surface area (Å²) in [5.74, 6) is 1.22. The number of nitrogens with zero attached hydrogens (tertiary/aromatic N) is 4. The van der Waals surface area contributed by atoms with E-state index in [9.17, 15) is 4.79 Å². The van der Waals surface area contributed by atoms with Crippen LogP contribution in [-0.4, -0.2) is 40.7 Å². The second-order valence-corrected chi connectivity index (χ2v) is 7.61. The number of amides is 1. The van der Waals surface area contributed by atoms with Gasteiger partial charge >= 0.3 is 0 Å². The van der Waals surface area contributed by atoms with Crippen molar-refractivity contribution in [2.45, 2.75) is 13.0 Å². The van der Waals surface area contributed by atoms with Crippen LogP contribution in [0.25, 0.3) is 10.2 Å². The van der Waals surface area contributed by atoms with E-state index in [4.69, 9.17) is 14.5 Å². The predicted molar refractivity (Wildman–Crippen MR) is 117 cm³/mol. The maximum Gasteiger partial charge on any atom is 0.266 e. The monoisotopic (exact) mass is 422 g/mol. The number of para-hydroxylation sites is 2. The number of imidazole rings is 1. The van der Waals surface area contributed by atoms with Gasteiger partial charge in [0, 0.05) is 25.5 Å². The Kier molecular flexibility index (Phi) is 6.24. The average Bonchev–Trinajstić information content (AvgIpc) is 3.45. The number of benzene rings is 2. The molecular formula is C22H22N4O3S. The Morgan fingerprint density at radius 2 is 2.03 bits per heavy atom. The molecule has 4 aromatic rings. The molecular weight excluding hydrogens is 400 g/mol. The molecule has 0 saturated heterocycles. The number of aromatic nitrogens is 3. The smallest absolute Gasteiger partial charge is 0.266 e. The van der Waals surface area contributed by atoms with Gasteiger partial charge in [-0.05, 0) is 30.7 Å². The normalized spacial score (nSPS) is 10.8. The van der Waals surface area contributed by atoms with E-state index >= 15 is 0 Å². The molecule has 2 aromatic heterocycles. The lowest BCUT2D eigenvalue weighted by atomic mass is 10.3. The van der Waals surface area contributed by atoms with E-state index in [0.29, 0.717) is 23.2 Å². The number of methoxy groups -OCH3 is 1. The standard InChI is InChI=1S/C22H22N4O3S/c1-28-18-9-5-10-19-21(18)24-22(30-19)26(13-6-12-25-14-11-23-16-25)20(27)15-29-17-7-3-2-4-8-17/h2-5,7-11,14,16H,6,12-13,15H2,1H3. The van der Waals surface area contributed by atoms with Gasteiger partial charge in [-0.25, -0.2) is 9.97 Å². The number of ether oxygens (including phenoxy) is 2. The van der Waals surface area contributed by atoms with Crippen molar-refractivity contribution in [1.29, 1.82) is 0 Å². The van der Waals surface area contributed by atoms with Gasteiger partial charge in [-0.1, -0.05) is 35.6 Å². The Morgan fingerprint density at radius 3 is 2.80 bits per heavy atom. The van der Waals surface area contributed by atoms with E-state index in [1.807, 2.05) is 59.3 Å². The van der Waals surface area contributed by atoms with Crippen LogP contribution in [-0.2, 0) is 11.3 Å². The maximum atomic E-state index is 13.1. The van der Waals surface area contributed by atoms with Crippen LogP contribution in [0.5, 0.6) is 11.5 Å². The van der Waals surface area contributed by atoms with Crippen molar-refractivity contribution >= 4 is 32.6 Å². The zero-order valence-electron chi connectivity index (χ0n) is 16.6. The highest BCUT2D eigenvalue weighted by Gasteiger charge is 2.21. The molecule has 7 nitrogen and oxygen atoms in total. The van der Waals surface area contributed by atoms with Gasteiger partial charge in [0.15, 0.2) is 11.7 Å². The predicted octanol–water partition coefficient (Wildman–Crippen LogP) is 4.00. The lowest BCUT2D eigenvalue weighted by Gasteiger charge is -2.20. The summed E-state index contributed by atoms with van der Waals surface area (Å²) in [6, 6.07) is 15.1. The summed E-state index contributed by atoms with van der Waals surface area (Å²) in [7, 11) is 1.62. The Labute approximate surface area is 178 Å². The number of hydrogen-bond acceptors (Lipinski definition) is 6. The van der Waals surface area contributed by atoms with Crippen LogP contribution in [0.1, 0.15) is 6.42 Å². The molecule has 0 bridgehead atoms. The van der Waals surface area contributed by atoms with Crippen molar-refractivity contribution in [2.75, 3.05) is 25.2 Å². The fourth-order valence-corrected chi connectivity index (χ4v) is 4.12. The highest BCUT2D eigenvalue weighted by atomic mass is 32.1. The van der Waals surface area contributed by atoms with E-state index in [1.165, 1.54) is 11.3 Å². The second-order valence-electron chi connectivity index (χ2n) is 6.60. The quantitative estimate of drug-likeness (QED) is 0.408. The SMILES string of the molecule is COc1cccc2sc(N(CCCn3ccnc3)C(=O)COc3ccccc3)nc12. The number of aryl methyl sites for hydroxylation is 1. The average molecular weight is 423 g/mol. The molecule has 8 heteroatoms. The Hall–Kier alpha value is -3.39. The Bertz CT molecular complexity index is 1100. The van der Waals surface area contributed by atoms with Gasteiger partial charge in [0.25, 0.3) is 5.91 Å². The van der Waals surface area contributed by atoms with Crippen LogP contribution < -0.4 is 14.4 Å². The summed E-state index contributed by atoms with van der Waals surface area (Å²) in [5.41, 5.74) is 0.761. The molecule has 0 saturated carbocycles. The third-order valence-corrected chi connectivity index (χ3v) is 5.63. The van der Waals surface area contributed by atoms with Crippen molar-refractivity contribution < 1.29 is 14.3 Å². The molecule has 0 spiro atoms. The number of fused-ring (bicyclic) bond motifs is 1. The lowest BCUT2D eigenvalue weighted by Crippen LogP contribution is -2.36. The minimum atomic E-state index is -0.137. The van der Waals surface area contributed by atoms with E-state index in [0.717, 1.165) is 23.2 Å². The van der Waals surface area contributed by atoms with Gasteiger partial charge in [0.1, 0.15) is 17.0 Å². The van der Waals surface area contributed by atoms with Crippen LogP contribution >= 0.6 is 11.3 Å². The summed E-state index contributed by atoms with van der Waals surface area (Å²) in [5, 5.41) is 0.641. The lowest BCUT2D eigenvalue weighted by molar-refractivity contribution is -0.120. The molecule has 2 heterocycles. The second kappa shape index (κ2) is 9.41. The number of carbonyl (C=O) groups is 1. The molecule has 0 unspecified atom stereocenters. The third-order valence-electron chi connectivity index (χ3n) is 4.59. The first-order valence-electron chi connectivity index (χ1n) is 9.62. The van der Waals surface area contributed by atoms with Crippen LogP contribution in [0.4, 0.5) is 5.13 Å². The number of anilines is 1. The molecule has 0 radical (unpaired) electrons. The fourth-order valence-electron chi connectivity index (χ4n) is 3.09. The topological polar surface area (TPSA) is 69.5 Å². The molecule has 0 N–H and O–H groups in total. The number of rotatable bonds is 9. The summed E-state index contributed by atoms with van der Waals surface area (Å²) in [6.07, 6.45) is 6.19. The van der Waals surface area contributed by atoms with Gasteiger partial charge < -0.3 is 14.0 Å². The minimum absolute atomic E-state index is 0.0534. The first-order valence-corrected chi connectivity index (χ1v) is 10.4. The van der Waals surface area contributed by atoms with Gasteiger partial charge in [-0.15, -0.1) is 0 Å². The molecule has 154 valence electrons. The van der Waals surface area contributed by atoms with Crippen LogP contribution in [0.2, 0.25) is 0 Å². The molecule has 0 aliphatic carbocycles. The van der Waals surface area contributed by atoms with Crippen LogP contribution in [0, 0.1) is 0 Å². The number of thiazole rings is 1. The molecule has 0 atom stereocenters. The van der Waals surface area contributed by atoms with Crippen molar-refractivity contribution in [3.63, 3.8) is 0 Å². The highest BCUT2D eigenvalue weighted by molar-refractivity contribution is 7.22. The largest absolute Gasteiger partial charge is 0.494 e. The molecule has 0 aliphatic rings. The van der Waals surface area contributed by atoms with Gasteiger partial charge in [0.2, 0.25) is 0 Å². The Morgan fingerprint density at radius 1 is 1.17 bits per heavy atom. The van der Waals surface area contributed by atoms with Crippen LogP contribution in [0.15, 0.2) is 67.3 Å². The summed E-state index contributed by atoms with van der Waals surface area (Å²) in [4.78, 5) is 23.5. The molecule has 0 aliphatic heterocycles. The fraction of sp³-hybridized carbons (Fsp3) is 0.227. The van der Waals surface area contributed by atoms with E-state index < -0.39 is 0 Å². The van der Waals surface area contributed by atoms with Crippen LogP contribution in [0.3, 0.4) is 0 Å². The van der Waals surface area contributed by atoms with Gasteiger partial charge in [-0.2, -0.15) is 0 Å². The number of hydrogen-bond donors (Lipinski definition) is 0. The highest BCUT2D eigenvalue weighted by Crippen LogP contribution is 2.34. The molecule has 0 fully saturated rings. The minimum Gasteiger partial charge on any atom is -0.494 e. The maximum absolute atomic E-state index is 13.1. The summed E-state index contributed by atoms with van der Waals surface area (Å²) >= 11 is 1.47. The van der Waals surface area contributed by atoms with Crippen molar-refractivity contribution in [2.24, 2.45) is 0 Å². The Balaban J connectivity index is 1.53. The molecule has 30 heavy (non-hydrogen) atoms. The molecule has 4 rings (SSSR count). The molecule has 1 amide bonds. The summed E-state index contributed by atoms with van der Waals surface area (Å²) in [6.45, 7) is 1.23. The first kappa shape index (κ1) is 19.9. The van der Waals surface area contributed by atoms with Crippen molar-refractivity contribution in [3.8, 4) is 11.5 Å².